The van der Waals surface area contributed by atoms with Crippen LogP contribution in [0.15, 0.2) is 64.0 Å². The van der Waals surface area contributed by atoms with Crippen molar-refractivity contribution in [3.8, 4) is 23.6 Å². The van der Waals surface area contributed by atoms with Crippen LogP contribution in [0.5, 0.6) is 0 Å². The van der Waals surface area contributed by atoms with Crippen LogP contribution in [-0.2, 0) is 16.4 Å². The minimum atomic E-state index is -3.71. The summed E-state index contributed by atoms with van der Waals surface area (Å²) in [5.74, 6) is 1.94. The topological polar surface area (TPSA) is 101 Å². The van der Waals surface area contributed by atoms with Gasteiger partial charge in [0.15, 0.2) is 0 Å². The number of nitrogens with one attached hydrogen (secondary N) is 2. The molecular formula is C21H19N3O4S. The molecule has 0 bridgehead atoms. The molecule has 1 heterocycles. The zero-order valence-corrected chi connectivity index (χ0v) is 16.5. The van der Waals surface area contributed by atoms with Gasteiger partial charge >= 0.3 is 0 Å². The average Bonchev–Trinajstić information content (AvgIpc) is 3.21. The Bertz CT molecular complexity index is 1140. The Morgan fingerprint density at radius 3 is 2.45 bits per heavy atom. The van der Waals surface area contributed by atoms with Gasteiger partial charge in [0.05, 0.1) is 11.4 Å². The van der Waals surface area contributed by atoms with Crippen molar-refractivity contribution >= 4 is 21.8 Å². The quantitative estimate of drug-likeness (QED) is 0.584. The lowest BCUT2D eigenvalue weighted by molar-refractivity contribution is 0.102. The van der Waals surface area contributed by atoms with Crippen LogP contribution in [0.4, 0.5) is 5.88 Å². The first kappa shape index (κ1) is 20.3. The molecule has 1 aromatic heterocycles. The van der Waals surface area contributed by atoms with Crippen LogP contribution in [0.2, 0.25) is 0 Å². The SMILES string of the molecule is C#CCNS(=O)(=O)c1ccc(C(=O)Nc2cc(-c3ccc(CC)cc3)no2)cc1. The highest BCUT2D eigenvalue weighted by molar-refractivity contribution is 7.89. The molecule has 1 amide bonds. The Kier molecular flexibility index (Phi) is 6.12. The van der Waals surface area contributed by atoms with Gasteiger partial charge in [0.1, 0.15) is 5.69 Å². The van der Waals surface area contributed by atoms with Crippen LogP contribution >= 0.6 is 0 Å². The summed E-state index contributed by atoms with van der Waals surface area (Å²) in [5.41, 5.74) is 2.96. The highest BCUT2D eigenvalue weighted by atomic mass is 32.2. The van der Waals surface area contributed by atoms with Crippen LogP contribution in [0.1, 0.15) is 22.8 Å². The summed E-state index contributed by atoms with van der Waals surface area (Å²) in [6.45, 7) is 1.97. The number of hydrogen-bond donors (Lipinski definition) is 2. The highest BCUT2D eigenvalue weighted by Crippen LogP contribution is 2.23. The smallest absolute Gasteiger partial charge is 0.258 e. The summed E-state index contributed by atoms with van der Waals surface area (Å²) in [4.78, 5) is 12.4. The number of amides is 1. The molecule has 0 unspecified atom stereocenters. The molecule has 0 aliphatic heterocycles. The molecule has 0 aliphatic carbocycles. The highest BCUT2D eigenvalue weighted by Gasteiger charge is 2.15. The molecule has 2 N–H and O–H groups in total. The molecule has 3 rings (SSSR count). The van der Waals surface area contributed by atoms with Gasteiger partial charge in [0.25, 0.3) is 5.91 Å². The fraction of sp³-hybridized carbons (Fsp3) is 0.143. The molecule has 0 fully saturated rings. The molecule has 148 valence electrons. The Morgan fingerprint density at radius 1 is 1.14 bits per heavy atom. The fourth-order valence-corrected chi connectivity index (χ4v) is 3.51. The van der Waals surface area contributed by atoms with Crippen LogP contribution in [-0.4, -0.2) is 26.0 Å². The predicted molar refractivity (Wildman–Crippen MR) is 110 cm³/mol. The lowest BCUT2D eigenvalue weighted by atomic mass is 10.1. The van der Waals surface area contributed by atoms with Crippen molar-refractivity contribution in [2.75, 3.05) is 11.9 Å². The number of aryl methyl sites for hydroxylation is 1. The number of rotatable bonds is 7. The second kappa shape index (κ2) is 8.73. The summed E-state index contributed by atoms with van der Waals surface area (Å²) in [5, 5.41) is 6.57. The van der Waals surface area contributed by atoms with Crippen molar-refractivity contribution in [2.45, 2.75) is 18.2 Å². The monoisotopic (exact) mass is 409 g/mol. The molecular weight excluding hydrogens is 390 g/mol. The maximum Gasteiger partial charge on any atom is 0.258 e. The molecule has 8 heteroatoms. The van der Waals surface area contributed by atoms with E-state index in [1.54, 1.807) is 6.07 Å². The van der Waals surface area contributed by atoms with E-state index in [0.717, 1.165) is 12.0 Å². The Morgan fingerprint density at radius 2 is 1.83 bits per heavy atom. The second-order valence-corrected chi connectivity index (χ2v) is 7.90. The molecule has 29 heavy (non-hydrogen) atoms. The molecule has 0 saturated heterocycles. The summed E-state index contributed by atoms with van der Waals surface area (Å²) in [6.07, 6.45) is 6.00. The number of terminal acetylenes is 1. The Hall–Kier alpha value is -3.41. The first-order valence-electron chi connectivity index (χ1n) is 8.83. The van der Waals surface area contributed by atoms with Crippen LogP contribution in [0.3, 0.4) is 0 Å². The van der Waals surface area contributed by atoms with Gasteiger partial charge in [-0.1, -0.05) is 42.3 Å². The first-order valence-corrected chi connectivity index (χ1v) is 10.3. The van der Waals surface area contributed by atoms with E-state index in [1.807, 2.05) is 24.3 Å². The molecule has 0 aliphatic rings. The Labute approximate surface area is 169 Å². The van der Waals surface area contributed by atoms with Gasteiger partial charge in [-0.3, -0.25) is 10.1 Å². The molecule has 2 aromatic carbocycles. The van der Waals surface area contributed by atoms with Gasteiger partial charge in [-0.15, -0.1) is 6.42 Å². The average molecular weight is 409 g/mol. The maximum absolute atomic E-state index is 12.4. The summed E-state index contributed by atoms with van der Waals surface area (Å²) in [6, 6.07) is 15.0. The fourth-order valence-electron chi connectivity index (χ4n) is 2.57. The first-order chi connectivity index (χ1) is 13.9. The third-order valence-electron chi connectivity index (χ3n) is 4.20. The van der Waals surface area contributed by atoms with Crippen LogP contribution in [0.25, 0.3) is 11.3 Å². The number of anilines is 1. The van der Waals surface area contributed by atoms with Crippen LogP contribution < -0.4 is 10.0 Å². The van der Waals surface area contributed by atoms with Crippen molar-refractivity contribution in [1.82, 2.24) is 9.88 Å². The predicted octanol–water partition coefficient (Wildman–Crippen LogP) is 3.07. The number of nitrogens with zero attached hydrogens (tertiary/aromatic N) is 1. The summed E-state index contributed by atoms with van der Waals surface area (Å²) >= 11 is 0. The number of benzene rings is 2. The van der Waals surface area contributed by atoms with Gasteiger partial charge in [0, 0.05) is 17.2 Å². The lowest BCUT2D eigenvalue weighted by Gasteiger charge is -2.05. The van der Waals surface area contributed by atoms with Crippen molar-refractivity contribution in [2.24, 2.45) is 0 Å². The molecule has 0 radical (unpaired) electrons. The normalized spacial score (nSPS) is 11.0. The van der Waals surface area contributed by atoms with E-state index in [2.05, 4.69) is 28.0 Å². The van der Waals surface area contributed by atoms with Gasteiger partial charge in [-0.2, -0.15) is 4.72 Å². The van der Waals surface area contributed by atoms with E-state index in [0.29, 0.717) is 5.69 Å². The zero-order chi connectivity index (χ0) is 20.9. The number of carbonyl (C=O) groups excluding carboxylic acids is 1. The van der Waals surface area contributed by atoms with Crippen LogP contribution in [0, 0.1) is 12.3 Å². The summed E-state index contributed by atoms with van der Waals surface area (Å²) < 4.78 is 31.5. The molecule has 7 nitrogen and oxygen atoms in total. The third kappa shape index (κ3) is 4.90. The van der Waals surface area contributed by atoms with E-state index in [1.165, 1.54) is 29.8 Å². The van der Waals surface area contributed by atoms with E-state index < -0.39 is 15.9 Å². The van der Waals surface area contributed by atoms with Crippen molar-refractivity contribution in [3.05, 3.63) is 65.7 Å². The van der Waals surface area contributed by atoms with Gasteiger partial charge in [-0.05, 0) is 36.2 Å². The van der Waals surface area contributed by atoms with Gasteiger partial charge in [-0.25, -0.2) is 8.42 Å². The maximum atomic E-state index is 12.4. The number of sulfonamides is 1. The Balaban J connectivity index is 1.69. The van der Waals surface area contributed by atoms with E-state index >= 15 is 0 Å². The number of carbonyl (C=O) groups is 1. The van der Waals surface area contributed by atoms with Crippen molar-refractivity contribution in [3.63, 3.8) is 0 Å². The van der Waals surface area contributed by atoms with Crippen molar-refractivity contribution < 1.29 is 17.7 Å². The minimum Gasteiger partial charge on any atom is -0.338 e. The zero-order valence-electron chi connectivity index (χ0n) is 15.7. The minimum absolute atomic E-state index is 0.0155. The standard InChI is InChI=1S/C21H19N3O4S/c1-3-13-22-29(26,27)18-11-9-17(10-12-18)21(25)23-20-14-19(24-28-20)16-7-5-15(4-2)6-8-16/h1,5-12,14,22H,4,13H2,2H3,(H,23,25). The third-order valence-corrected chi connectivity index (χ3v) is 5.61. The number of hydrogen-bond acceptors (Lipinski definition) is 5. The van der Waals surface area contributed by atoms with Crippen molar-refractivity contribution in [1.29, 1.82) is 0 Å². The molecule has 0 atom stereocenters. The number of aromatic nitrogens is 1. The van der Waals surface area contributed by atoms with E-state index in [9.17, 15) is 13.2 Å². The van der Waals surface area contributed by atoms with E-state index in [4.69, 9.17) is 10.9 Å². The lowest BCUT2D eigenvalue weighted by Crippen LogP contribution is -2.24. The van der Waals surface area contributed by atoms with E-state index in [-0.39, 0.29) is 22.9 Å². The summed E-state index contributed by atoms with van der Waals surface area (Å²) in [7, 11) is -3.71. The van der Waals surface area contributed by atoms with Gasteiger partial charge < -0.3 is 4.52 Å². The van der Waals surface area contributed by atoms with Gasteiger partial charge in [0.2, 0.25) is 15.9 Å². The molecule has 0 spiro atoms. The molecule has 0 saturated carbocycles. The second-order valence-electron chi connectivity index (χ2n) is 6.13. The molecule has 3 aromatic rings. The largest absolute Gasteiger partial charge is 0.338 e.